The second-order valence-electron chi connectivity index (χ2n) is 5.43. The van der Waals surface area contributed by atoms with Gasteiger partial charge in [0.2, 0.25) is 5.91 Å². The van der Waals surface area contributed by atoms with Gasteiger partial charge >= 0.3 is 0 Å². The summed E-state index contributed by atoms with van der Waals surface area (Å²) in [4.78, 5) is 30.8. The van der Waals surface area contributed by atoms with Gasteiger partial charge in [0.1, 0.15) is 6.04 Å². The molecule has 2 amide bonds. The number of carbonyl (C=O) groups is 2. The predicted molar refractivity (Wildman–Crippen MR) is 86.4 cm³/mol. The Bertz CT molecular complexity index is 625. The van der Waals surface area contributed by atoms with Crippen LogP contribution in [0.3, 0.4) is 0 Å². The zero-order chi connectivity index (χ0) is 16.4. The van der Waals surface area contributed by atoms with Crippen molar-refractivity contribution in [1.29, 1.82) is 0 Å². The minimum absolute atomic E-state index is 0.301. The van der Waals surface area contributed by atoms with Crippen LogP contribution in [-0.2, 0) is 17.9 Å². The van der Waals surface area contributed by atoms with E-state index in [0.717, 1.165) is 18.8 Å². The van der Waals surface area contributed by atoms with Crippen LogP contribution in [0.15, 0.2) is 16.9 Å². The number of imidazole rings is 1. The molecule has 0 saturated carbocycles. The number of aromatic nitrogens is 2. The Hall–Kier alpha value is -1.67. The molecule has 0 bridgehead atoms. The van der Waals surface area contributed by atoms with Gasteiger partial charge in [-0.1, -0.05) is 6.58 Å². The van der Waals surface area contributed by atoms with E-state index < -0.39 is 6.04 Å². The van der Waals surface area contributed by atoms with Gasteiger partial charge in [-0.3, -0.25) is 14.5 Å². The van der Waals surface area contributed by atoms with Gasteiger partial charge in [-0.2, -0.15) is 0 Å². The maximum absolute atomic E-state index is 12.5. The second-order valence-corrected chi connectivity index (χ2v) is 6.14. The highest BCUT2D eigenvalue weighted by atomic mass is 79.9. The van der Waals surface area contributed by atoms with Crippen molar-refractivity contribution in [2.75, 3.05) is 20.6 Å². The molecule has 1 atom stereocenters. The van der Waals surface area contributed by atoms with E-state index in [0.29, 0.717) is 22.5 Å². The number of amides is 2. The molecule has 8 heteroatoms. The fourth-order valence-corrected chi connectivity index (χ4v) is 2.96. The fourth-order valence-electron chi connectivity index (χ4n) is 2.39. The first-order valence-corrected chi connectivity index (χ1v) is 7.75. The van der Waals surface area contributed by atoms with Crippen LogP contribution in [0, 0.1) is 0 Å². The van der Waals surface area contributed by atoms with Crippen LogP contribution in [-0.4, -0.2) is 52.9 Å². The largest absolute Gasteiger partial charge is 0.357 e. The quantitative estimate of drug-likeness (QED) is 0.758. The molecule has 2 heterocycles. The van der Waals surface area contributed by atoms with E-state index in [9.17, 15) is 9.59 Å². The van der Waals surface area contributed by atoms with Gasteiger partial charge in [-0.05, 0) is 35.5 Å². The zero-order valence-corrected chi connectivity index (χ0v) is 14.5. The minimum Gasteiger partial charge on any atom is -0.357 e. The van der Waals surface area contributed by atoms with Gasteiger partial charge in [0.05, 0.1) is 5.69 Å². The van der Waals surface area contributed by atoms with Gasteiger partial charge in [-0.25, -0.2) is 4.98 Å². The summed E-state index contributed by atoms with van der Waals surface area (Å²) in [6, 6.07) is -0.769. The maximum Gasteiger partial charge on any atom is 0.272 e. The van der Waals surface area contributed by atoms with E-state index in [1.807, 2.05) is 11.6 Å². The van der Waals surface area contributed by atoms with E-state index >= 15 is 0 Å². The molecule has 7 nitrogen and oxygen atoms in total. The molecule has 0 aromatic carbocycles. The smallest absolute Gasteiger partial charge is 0.272 e. The summed E-state index contributed by atoms with van der Waals surface area (Å²) in [6.07, 6.45) is 0. The molecular formula is C14H20BrN5O2. The molecule has 0 radical (unpaired) electrons. The third-order valence-corrected chi connectivity index (χ3v) is 4.25. The number of carbonyl (C=O) groups excluding carboxylic acids is 2. The van der Waals surface area contributed by atoms with Crippen LogP contribution in [0.5, 0.6) is 0 Å². The molecule has 2 rings (SSSR count). The first-order valence-electron chi connectivity index (χ1n) is 6.96. The van der Waals surface area contributed by atoms with E-state index in [-0.39, 0.29) is 11.8 Å². The molecule has 0 fully saturated rings. The average molecular weight is 370 g/mol. The van der Waals surface area contributed by atoms with Gasteiger partial charge < -0.3 is 15.2 Å². The van der Waals surface area contributed by atoms with Crippen LogP contribution in [0.2, 0.25) is 0 Å². The Morgan fingerprint density at radius 2 is 2.09 bits per heavy atom. The molecule has 120 valence electrons. The lowest BCUT2D eigenvalue weighted by molar-refractivity contribution is -0.121. The standard InChI is InChI=1S/C14H20BrN5O2/c1-8(2)10(12(21)16-3)17-13(22)11-9-7-19(4)5-6-20(9)14(15)18-11/h10H,1,5-7H2,2-4H3,(H,16,21)(H,17,22)/t10-/m0/s1. The molecule has 1 aliphatic rings. The normalized spacial score (nSPS) is 15.8. The zero-order valence-electron chi connectivity index (χ0n) is 12.9. The molecule has 0 saturated heterocycles. The van der Waals surface area contributed by atoms with E-state index in [4.69, 9.17) is 0 Å². The molecule has 1 aromatic heterocycles. The third-order valence-electron chi connectivity index (χ3n) is 3.64. The van der Waals surface area contributed by atoms with Gasteiger partial charge in [0.25, 0.3) is 5.91 Å². The Kier molecular flexibility index (Phi) is 5.02. The lowest BCUT2D eigenvalue weighted by Crippen LogP contribution is -2.46. The second kappa shape index (κ2) is 6.62. The van der Waals surface area contributed by atoms with Crippen LogP contribution in [0.4, 0.5) is 0 Å². The number of hydrogen-bond acceptors (Lipinski definition) is 4. The topological polar surface area (TPSA) is 79.3 Å². The highest BCUT2D eigenvalue weighted by molar-refractivity contribution is 9.10. The van der Waals surface area contributed by atoms with Crippen LogP contribution in [0.1, 0.15) is 23.1 Å². The molecule has 22 heavy (non-hydrogen) atoms. The third kappa shape index (κ3) is 3.22. The maximum atomic E-state index is 12.5. The highest BCUT2D eigenvalue weighted by Crippen LogP contribution is 2.22. The summed E-state index contributed by atoms with van der Waals surface area (Å²) >= 11 is 3.39. The van der Waals surface area contributed by atoms with Crippen molar-refractivity contribution < 1.29 is 9.59 Å². The van der Waals surface area contributed by atoms with Crippen molar-refractivity contribution in [2.45, 2.75) is 26.1 Å². The van der Waals surface area contributed by atoms with Gasteiger partial charge in [0.15, 0.2) is 10.4 Å². The Balaban J connectivity index is 2.27. The van der Waals surface area contributed by atoms with Crippen LogP contribution in [0.25, 0.3) is 0 Å². The molecule has 0 unspecified atom stereocenters. The number of halogens is 1. The van der Waals surface area contributed by atoms with E-state index in [2.05, 4.69) is 43.0 Å². The minimum atomic E-state index is -0.769. The van der Waals surface area contributed by atoms with E-state index in [1.54, 1.807) is 6.92 Å². The van der Waals surface area contributed by atoms with Crippen molar-refractivity contribution in [2.24, 2.45) is 0 Å². The monoisotopic (exact) mass is 369 g/mol. The van der Waals surface area contributed by atoms with Gasteiger partial charge in [-0.15, -0.1) is 0 Å². The van der Waals surface area contributed by atoms with E-state index in [1.165, 1.54) is 7.05 Å². The number of nitrogens with zero attached hydrogens (tertiary/aromatic N) is 3. The summed E-state index contributed by atoms with van der Waals surface area (Å²) in [5.74, 6) is -0.675. The molecule has 0 spiro atoms. The van der Waals surface area contributed by atoms with Crippen molar-refractivity contribution in [3.8, 4) is 0 Å². The van der Waals surface area contributed by atoms with Crippen LogP contribution >= 0.6 is 15.9 Å². The first-order chi connectivity index (χ1) is 10.3. The SMILES string of the molecule is C=C(C)[C@H](NC(=O)c1nc(Br)n2c1CN(C)CC2)C(=O)NC. The Labute approximate surface area is 137 Å². The molecule has 1 aromatic rings. The summed E-state index contributed by atoms with van der Waals surface area (Å²) in [5, 5.41) is 5.22. The molecule has 1 aliphatic heterocycles. The van der Waals surface area contributed by atoms with Crippen LogP contribution < -0.4 is 10.6 Å². The Morgan fingerprint density at radius 1 is 1.41 bits per heavy atom. The van der Waals surface area contributed by atoms with Crippen molar-refractivity contribution in [3.05, 3.63) is 28.3 Å². The predicted octanol–water partition coefficient (Wildman–Crippen LogP) is 0.511. The summed E-state index contributed by atoms with van der Waals surface area (Å²) in [7, 11) is 3.52. The fraction of sp³-hybridized carbons (Fsp3) is 0.500. The van der Waals surface area contributed by atoms with Crippen molar-refractivity contribution in [1.82, 2.24) is 25.1 Å². The number of likely N-dealkylation sites (N-methyl/N-ethyl adjacent to an activating group) is 2. The van der Waals surface area contributed by atoms with Crippen molar-refractivity contribution >= 4 is 27.7 Å². The summed E-state index contributed by atoms with van der Waals surface area (Å²) < 4.78 is 2.61. The number of nitrogens with one attached hydrogen (secondary N) is 2. The molecular weight excluding hydrogens is 350 g/mol. The van der Waals surface area contributed by atoms with Gasteiger partial charge in [0, 0.05) is 26.7 Å². The number of fused-ring (bicyclic) bond motifs is 1. The van der Waals surface area contributed by atoms with Crippen molar-refractivity contribution in [3.63, 3.8) is 0 Å². The number of rotatable bonds is 4. The molecule has 2 N–H and O–H groups in total. The Morgan fingerprint density at radius 3 is 2.68 bits per heavy atom. The summed E-state index contributed by atoms with van der Waals surface area (Å²) in [5.41, 5.74) is 1.75. The lowest BCUT2D eigenvalue weighted by Gasteiger charge is -2.25. The number of hydrogen-bond donors (Lipinski definition) is 2. The first kappa shape index (κ1) is 16.7. The molecule has 0 aliphatic carbocycles. The lowest BCUT2D eigenvalue weighted by atomic mass is 10.1. The summed E-state index contributed by atoms with van der Waals surface area (Å²) in [6.45, 7) is 7.76. The average Bonchev–Trinajstić information content (AvgIpc) is 2.80. The highest BCUT2D eigenvalue weighted by Gasteiger charge is 2.28.